The molecule has 0 radical (unpaired) electrons. The first-order valence-electron chi connectivity index (χ1n) is 7.17. The van der Waals surface area contributed by atoms with Crippen LogP contribution >= 0.6 is 0 Å². The van der Waals surface area contributed by atoms with E-state index in [-0.39, 0.29) is 0 Å². The van der Waals surface area contributed by atoms with Gasteiger partial charge in [-0.1, -0.05) is 18.2 Å². The predicted molar refractivity (Wildman–Crippen MR) is 73.0 cm³/mol. The van der Waals surface area contributed by atoms with Crippen LogP contribution in [0.25, 0.3) is 0 Å². The van der Waals surface area contributed by atoms with Crippen LogP contribution in [0.15, 0.2) is 30.4 Å². The van der Waals surface area contributed by atoms with Gasteiger partial charge in [0.15, 0.2) is 0 Å². The smallest absolute Gasteiger partial charge is 0.119 e. The molecule has 1 spiro atoms. The van der Waals surface area contributed by atoms with Gasteiger partial charge in [0.25, 0.3) is 0 Å². The number of ether oxygens (including phenoxy) is 1. The molecule has 3 atom stereocenters. The molecule has 1 heteroatoms. The van der Waals surface area contributed by atoms with Crippen molar-refractivity contribution in [3.8, 4) is 5.75 Å². The van der Waals surface area contributed by atoms with Crippen molar-refractivity contribution in [2.45, 2.75) is 37.5 Å². The van der Waals surface area contributed by atoms with Crippen LogP contribution in [0, 0.1) is 11.8 Å². The summed E-state index contributed by atoms with van der Waals surface area (Å²) in [7, 11) is 1.78. The van der Waals surface area contributed by atoms with Crippen molar-refractivity contribution in [2.75, 3.05) is 7.11 Å². The average molecular weight is 240 g/mol. The van der Waals surface area contributed by atoms with Crippen LogP contribution in [-0.2, 0) is 11.8 Å². The zero-order chi connectivity index (χ0) is 12.2. The van der Waals surface area contributed by atoms with Gasteiger partial charge in [0.05, 0.1) is 7.11 Å². The third-order valence-corrected chi connectivity index (χ3v) is 5.43. The minimum Gasteiger partial charge on any atom is -0.497 e. The lowest BCUT2D eigenvalue weighted by molar-refractivity contribution is 0.301. The van der Waals surface area contributed by atoms with E-state index >= 15 is 0 Å². The van der Waals surface area contributed by atoms with Crippen molar-refractivity contribution in [2.24, 2.45) is 11.8 Å². The summed E-state index contributed by atoms with van der Waals surface area (Å²) in [6.07, 6.45) is 11.7. The Labute approximate surface area is 109 Å². The molecule has 0 aliphatic heterocycles. The van der Waals surface area contributed by atoms with Gasteiger partial charge in [0.1, 0.15) is 5.75 Å². The summed E-state index contributed by atoms with van der Waals surface area (Å²) in [6, 6.07) is 6.74. The zero-order valence-electron chi connectivity index (χ0n) is 11.0. The van der Waals surface area contributed by atoms with Gasteiger partial charge >= 0.3 is 0 Å². The van der Waals surface area contributed by atoms with Gasteiger partial charge in [0, 0.05) is 5.41 Å². The minimum atomic E-state index is 0.446. The molecule has 0 heterocycles. The first-order valence-corrected chi connectivity index (χ1v) is 7.17. The van der Waals surface area contributed by atoms with E-state index in [0.717, 1.165) is 17.6 Å². The molecule has 0 saturated heterocycles. The standard InChI is InChI=1S/C17H20O/c1-18-15-7-5-13-3-2-8-17(16(13)10-15)11-12-4-6-14(17)9-12/h4-7,10,12,14H,2-3,8-9,11H2,1H3. The van der Waals surface area contributed by atoms with Gasteiger partial charge in [-0.2, -0.15) is 0 Å². The molecule has 0 N–H and O–H groups in total. The maximum absolute atomic E-state index is 5.45. The van der Waals surface area contributed by atoms with E-state index in [0.29, 0.717) is 5.41 Å². The molecule has 2 bridgehead atoms. The Hall–Kier alpha value is -1.24. The Morgan fingerprint density at radius 3 is 2.94 bits per heavy atom. The highest BCUT2D eigenvalue weighted by Crippen LogP contribution is 2.58. The van der Waals surface area contributed by atoms with Gasteiger partial charge < -0.3 is 4.74 Å². The summed E-state index contributed by atoms with van der Waals surface area (Å²) in [6.45, 7) is 0. The largest absolute Gasteiger partial charge is 0.497 e. The quantitative estimate of drug-likeness (QED) is 0.677. The highest BCUT2D eigenvalue weighted by molar-refractivity contribution is 5.45. The number of allylic oxidation sites excluding steroid dienone is 2. The van der Waals surface area contributed by atoms with E-state index in [4.69, 9.17) is 4.74 Å². The molecular weight excluding hydrogens is 220 g/mol. The van der Waals surface area contributed by atoms with Gasteiger partial charge in [-0.05, 0) is 67.2 Å². The van der Waals surface area contributed by atoms with E-state index in [9.17, 15) is 0 Å². The number of methoxy groups -OCH3 is 1. The van der Waals surface area contributed by atoms with Gasteiger partial charge in [-0.25, -0.2) is 0 Å². The van der Waals surface area contributed by atoms with E-state index < -0.39 is 0 Å². The van der Waals surface area contributed by atoms with Crippen LogP contribution in [0.4, 0.5) is 0 Å². The molecular formula is C17H20O. The third-order valence-electron chi connectivity index (χ3n) is 5.43. The lowest BCUT2D eigenvalue weighted by Gasteiger charge is -2.41. The van der Waals surface area contributed by atoms with E-state index in [1.54, 1.807) is 18.2 Å². The van der Waals surface area contributed by atoms with E-state index in [2.05, 4.69) is 30.4 Å². The third kappa shape index (κ3) is 1.28. The molecule has 18 heavy (non-hydrogen) atoms. The predicted octanol–water partition coefficient (Wildman–Crippen LogP) is 3.87. The van der Waals surface area contributed by atoms with E-state index in [1.165, 1.54) is 32.1 Å². The van der Waals surface area contributed by atoms with Crippen LogP contribution in [0.3, 0.4) is 0 Å². The van der Waals surface area contributed by atoms with Crippen molar-refractivity contribution < 1.29 is 4.74 Å². The molecule has 3 unspecified atom stereocenters. The molecule has 94 valence electrons. The first-order chi connectivity index (χ1) is 8.82. The van der Waals surface area contributed by atoms with Crippen molar-refractivity contribution in [1.82, 2.24) is 0 Å². The number of benzene rings is 1. The molecule has 3 aliphatic carbocycles. The fourth-order valence-corrected chi connectivity index (χ4v) is 4.65. The Bertz CT molecular complexity index is 516. The number of hydrogen-bond donors (Lipinski definition) is 0. The topological polar surface area (TPSA) is 9.23 Å². The molecule has 3 aliphatic rings. The normalized spacial score (nSPS) is 36.1. The molecule has 0 aromatic heterocycles. The monoisotopic (exact) mass is 240 g/mol. The second kappa shape index (κ2) is 3.63. The van der Waals surface area contributed by atoms with Crippen LogP contribution in [0.5, 0.6) is 5.75 Å². The second-order valence-electron chi connectivity index (χ2n) is 6.22. The lowest BCUT2D eigenvalue weighted by Crippen LogP contribution is -2.34. The maximum Gasteiger partial charge on any atom is 0.119 e. The Morgan fingerprint density at radius 1 is 1.28 bits per heavy atom. The number of fused-ring (bicyclic) bond motifs is 5. The summed E-state index contributed by atoms with van der Waals surface area (Å²) in [5.41, 5.74) is 3.62. The van der Waals surface area contributed by atoms with Crippen LogP contribution in [-0.4, -0.2) is 7.11 Å². The van der Waals surface area contributed by atoms with E-state index in [1.807, 2.05) is 0 Å². The molecule has 1 aromatic rings. The van der Waals surface area contributed by atoms with Crippen LogP contribution < -0.4 is 4.74 Å². The minimum absolute atomic E-state index is 0.446. The SMILES string of the molecule is COc1ccc2c(c1)C1(CCC2)CC2C=CC1C2. The summed E-state index contributed by atoms with van der Waals surface area (Å²) in [4.78, 5) is 0. The van der Waals surface area contributed by atoms with Gasteiger partial charge in [0.2, 0.25) is 0 Å². The zero-order valence-corrected chi connectivity index (χ0v) is 11.0. The second-order valence-corrected chi connectivity index (χ2v) is 6.22. The van der Waals surface area contributed by atoms with Crippen LogP contribution in [0.2, 0.25) is 0 Å². The van der Waals surface area contributed by atoms with Crippen LogP contribution in [0.1, 0.15) is 36.8 Å². The lowest BCUT2D eigenvalue weighted by atomic mass is 9.63. The summed E-state index contributed by atoms with van der Waals surface area (Å²) >= 11 is 0. The average Bonchev–Trinajstić information content (AvgIpc) is 3.00. The molecule has 1 aromatic carbocycles. The summed E-state index contributed by atoms with van der Waals surface area (Å²) < 4.78 is 5.45. The van der Waals surface area contributed by atoms with Crippen molar-refractivity contribution in [1.29, 1.82) is 0 Å². The Balaban J connectivity index is 1.87. The summed E-state index contributed by atoms with van der Waals surface area (Å²) in [5.74, 6) is 2.66. The number of rotatable bonds is 1. The number of hydrogen-bond acceptors (Lipinski definition) is 1. The van der Waals surface area contributed by atoms with Gasteiger partial charge in [-0.3, -0.25) is 0 Å². The Morgan fingerprint density at radius 2 is 2.22 bits per heavy atom. The van der Waals surface area contributed by atoms with Crippen molar-refractivity contribution in [3.05, 3.63) is 41.5 Å². The fourth-order valence-electron chi connectivity index (χ4n) is 4.65. The molecule has 4 rings (SSSR count). The molecule has 1 fully saturated rings. The molecule has 1 saturated carbocycles. The fraction of sp³-hybridized carbons (Fsp3) is 0.529. The van der Waals surface area contributed by atoms with Crippen molar-refractivity contribution in [3.63, 3.8) is 0 Å². The van der Waals surface area contributed by atoms with Crippen molar-refractivity contribution >= 4 is 0 Å². The molecule has 0 amide bonds. The van der Waals surface area contributed by atoms with Gasteiger partial charge in [-0.15, -0.1) is 0 Å². The molecule has 1 nitrogen and oxygen atoms in total. The first kappa shape index (κ1) is 10.7. The Kier molecular flexibility index (Phi) is 2.15. The number of aryl methyl sites for hydroxylation is 1. The summed E-state index contributed by atoms with van der Waals surface area (Å²) in [5, 5.41) is 0. The highest BCUT2D eigenvalue weighted by atomic mass is 16.5. The maximum atomic E-state index is 5.45. The highest BCUT2D eigenvalue weighted by Gasteiger charge is 2.50.